The number of anilines is 1. The van der Waals surface area contributed by atoms with Crippen LogP contribution < -0.4 is 5.32 Å². The van der Waals surface area contributed by atoms with Crippen LogP contribution >= 0.6 is 34.9 Å². The van der Waals surface area contributed by atoms with Gasteiger partial charge in [-0.3, -0.25) is 4.79 Å². The zero-order chi connectivity index (χ0) is 17.6. The van der Waals surface area contributed by atoms with Crippen molar-refractivity contribution in [2.24, 2.45) is 0 Å². The first-order valence-corrected chi connectivity index (χ1v) is 11.1. The van der Waals surface area contributed by atoms with Gasteiger partial charge in [0.25, 0.3) is 0 Å². The summed E-state index contributed by atoms with van der Waals surface area (Å²) in [7, 11) is 0. The molecule has 25 heavy (non-hydrogen) atoms. The second kappa shape index (κ2) is 8.74. The van der Waals surface area contributed by atoms with E-state index >= 15 is 0 Å². The predicted octanol–water partition coefficient (Wildman–Crippen LogP) is 5.84. The van der Waals surface area contributed by atoms with Crippen molar-refractivity contribution in [3.05, 3.63) is 48.0 Å². The molecule has 0 bridgehead atoms. The standard InChI is InChI=1S/C19H20N2OS3/c1-13-5-8-15(9-6-13)24-11-3-4-18(22)20-14-7-10-16-17(12-14)25-19(21-16)23-2/h5-10,12H,3-4,11H2,1-2H3,(H,20,22). The highest BCUT2D eigenvalue weighted by molar-refractivity contribution is 8.00. The van der Waals surface area contributed by atoms with E-state index in [2.05, 4.69) is 41.5 Å². The topological polar surface area (TPSA) is 42.0 Å². The average Bonchev–Trinajstić information content (AvgIpc) is 3.03. The number of carbonyl (C=O) groups is 1. The fourth-order valence-electron chi connectivity index (χ4n) is 2.35. The SMILES string of the molecule is CSc1nc2ccc(NC(=O)CCCSc3ccc(C)cc3)cc2s1. The van der Waals surface area contributed by atoms with Crippen molar-refractivity contribution >= 4 is 56.7 Å². The Bertz CT molecular complexity index is 859. The van der Waals surface area contributed by atoms with Crippen molar-refractivity contribution < 1.29 is 4.79 Å². The van der Waals surface area contributed by atoms with Gasteiger partial charge in [0.1, 0.15) is 0 Å². The maximum atomic E-state index is 12.1. The van der Waals surface area contributed by atoms with E-state index in [1.54, 1.807) is 34.9 Å². The molecule has 0 fully saturated rings. The molecule has 1 aromatic heterocycles. The maximum Gasteiger partial charge on any atom is 0.224 e. The molecule has 130 valence electrons. The quantitative estimate of drug-likeness (QED) is 0.408. The lowest BCUT2D eigenvalue weighted by molar-refractivity contribution is -0.116. The zero-order valence-electron chi connectivity index (χ0n) is 14.2. The van der Waals surface area contributed by atoms with Gasteiger partial charge >= 0.3 is 0 Å². The Morgan fingerprint density at radius 1 is 1.20 bits per heavy atom. The van der Waals surface area contributed by atoms with Crippen LogP contribution in [-0.4, -0.2) is 22.9 Å². The van der Waals surface area contributed by atoms with Crippen LogP contribution in [0, 0.1) is 6.92 Å². The highest BCUT2D eigenvalue weighted by atomic mass is 32.2. The lowest BCUT2D eigenvalue weighted by atomic mass is 10.2. The van der Waals surface area contributed by atoms with Crippen LogP contribution in [0.3, 0.4) is 0 Å². The maximum absolute atomic E-state index is 12.1. The molecule has 0 aliphatic carbocycles. The van der Waals surface area contributed by atoms with Crippen molar-refractivity contribution in [1.29, 1.82) is 0 Å². The number of carbonyl (C=O) groups excluding carboxylic acids is 1. The second-order valence-electron chi connectivity index (χ2n) is 5.68. The van der Waals surface area contributed by atoms with E-state index in [0.29, 0.717) is 6.42 Å². The third-order valence-electron chi connectivity index (χ3n) is 3.67. The number of thiazole rings is 1. The van der Waals surface area contributed by atoms with Gasteiger partial charge in [-0.2, -0.15) is 0 Å². The van der Waals surface area contributed by atoms with E-state index in [1.807, 2.05) is 24.5 Å². The van der Waals surface area contributed by atoms with Crippen molar-refractivity contribution in [2.75, 3.05) is 17.3 Å². The lowest BCUT2D eigenvalue weighted by Crippen LogP contribution is -2.11. The smallest absolute Gasteiger partial charge is 0.224 e. The van der Waals surface area contributed by atoms with Crippen LogP contribution in [0.5, 0.6) is 0 Å². The van der Waals surface area contributed by atoms with Crippen LogP contribution in [-0.2, 0) is 4.79 Å². The molecule has 6 heteroatoms. The van der Waals surface area contributed by atoms with Gasteiger partial charge in [-0.15, -0.1) is 23.1 Å². The van der Waals surface area contributed by atoms with Gasteiger partial charge in [0.05, 0.1) is 10.2 Å². The minimum absolute atomic E-state index is 0.0680. The fraction of sp³-hybridized carbons (Fsp3) is 0.263. The summed E-state index contributed by atoms with van der Waals surface area (Å²) in [6.45, 7) is 2.09. The third kappa shape index (κ3) is 5.23. The second-order valence-corrected chi connectivity index (χ2v) is 8.93. The van der Waals surface area contributed by atoms with Crippen LogP contribution in [0.15, 0.2) is 51.7 Å². The summed E-state index contributed by atoms with van der Waals surface area (Å²) in [5.74, 6) is 1.01. The molecular formula is C19H20N2OS3. The molecule has 3 rings (SSSR count). The Hall–Kier alpha value is -1.50. The molecule has 0 atom stereocenters. The van der Waals surface area contributed by atoms with E-state index in [1.165, 1.54) is 10.5 Å². The molecule has 0 aliphatic heterocycles. The number of benzene rings is 2. The number of hydrogen-bond acceptors (Lipinski definition) is 5. The Balaban J connectivity index is 1.46. The molecule has 0 saturated heterocycles. The number of aromatic nitrogens is 1. The normalized spacial score (nSPS) is 11.0. The largest absolute Gasteiger partial charge is 0.326 e. The molecule has 0 radical (unpaired) electrons. The first-order chi connectivity index (χ1) is 12.1. The van der Waals surface area contributed by atoms with Gasteiger partial charge in [0.15, 0.2) is 4.34 Å². The molecular weight excluding hydrogens is 368 g/mol. The number of hydrogen-bond donors (Lipinski definition) is 1. The number of amides is 1. The Morgan fingerprint density at radius 2 is 2.00 bits per heavy atom. The molecule has 1 heterocycles. The van der Waals surface area contributed by atoms with E-state index in [4.69, 9.17) is 0 Å². The van der Waals surface area contributed by atoms with Gasteiger partial charge in [0.2, 0.25) is 5.91 Å². The molecule has 3 aromatic rings. The lowest BCUT2D eigenvalue weighted by Gasteiger charge is -2.05. The first-order valence-electron chi connectivity index (χ1n) is 8.08. The Morgan fingerprint density at radius 3 is 2.76 bits per heavy atom. The molecule has 2 aromatic carbocycles. The number of nitrogens with zero attached hydrogens (tertiary/aromatic N) is 1. The summed E-state index contributed by atoms with van der Waals surface area (Å²) in [5, 5.41) is 2.99. The zero-order valence-corrected chi connectivity index (χ0v) is 16.7. The summed E-state index contributed by atoms with van der Waals surface area (Å²) in [6.07, 6.45) is 3.43. The molecule has 1 amide bonds. The first kappa shape index (κ1) is 18.3. The van der Waals surface area contributed by atoms with Crippen LogP contribution in [0.25, 0.3) is 10.2 Å². The Kier molecular flexibility index (Phi) is 6.39. The van der Waals surface area contributed by atoms with Crippen LogP contribution in [0.4, 0.5) is 5.69 Å². The minimum Gasteiger partial charge on any atom is -0.326 e. The number of rotatable bonds is 7. The number of aryl methyl sites for hydroxylation is 1. The van der Waals surface area contributed by atoms with E-state index in [0.717, 1.165) is 32.4 Å². The van der Waals surface area contributed by atoms with E-state index in [9.17, 15) is 4.79 Å². The van der Waals surface area contributed by atoms with Crippen LogP contribution in [0.2, 0.25) is 0 Å². The van der Waals surface area contributed by atoms with E-state index < -0.39 is 0 Å². The monoisotopic (exact) mass is 388 g/mol. The Labute approximate surface area is 160 Å². The average molecular weight is 389 g/mol. The van der Waals surface area contributed by atoms with Gasteiger partial charge in [-0.1, -0.05) is 29.5 Å². The fourth-order valence-corrected chi connectivity index (χ4v) is 4.73. The third-order valence-corrected chi connectivity index (χ3v) is 6.77. The minimum atomic E-state index is 0.0680. The summed E-state index contributed by atoms with van der Waals surface area (Å²) in [6, 6.07) is 14.4. The number of fused-ring (bicyclic) bond motifs is 1. The molecule has 0 unspecified atom stereocenters. The molecule has 0 spiro atoms. The summed E-state index contributed by atoms with van der Waals surface area (Å²) < 4.78 is 2.16. The summed E-state index contributed by atoms with van der Waals surface area (Å²) in [5.41, 5.74) is 3.10. The highest BCUT2D eigenvalue weighted by Gasteiger charge is 2.07. The molecule has 3 nitrogen and oxygen atoms in total. The summed E-state index contributed by atoms with van der Waals surface area (Å²) in [4.78, 5) is 17.9. The predicted molar refractivity (Wildman–Crippen MR) is 111 cm³/mol. The van der Waals surface area contributed by atoms with E-state index in [-0.39, 0.29) is 5.91 Å². The number of thioether (sulfide) groups is 2. The van der Waals surface area contributed by atoms with Gasteiger partial charge < -0.3 is 5.32 Å². The van der Waals surface area contributed by atoms with Crippen molar-refractivity contribution in [3.8, 4) is 0 Å². The van der Waals surface area contributed by atoms with Crippen molar-refractivity contribution in [1.82, 2.24) is 4.98 Å². The van der Waals surface area contributed by atoms with Gasteiger partial charge in [-0.25, -0.2) is 4.98 Å². The number of nitrogens with one attached hydrogen (secondary N) is 1. The van der Waals surface area contributed by atoms with Gasteiger partial charge in [0, 0.05) is 17.0 Å². The van der Waals surface area contributed by atoms with Crippen LogP contribution in [0.1, 0.15) is 18.4 Å². The van der Waals surface area contributed by atoms with Crippen molar-refractivity contribution in [2.45, 2.75) is 29.0 Å². The molecule has 1 N–H and O–H groups in total. The highest BCUT2D eigenvalue weighted by Crippen LogP contribution is 2.30. The van der Waals surface area contributed by atoms with Gasteiger partial charge in [-0.05, 0) is 55.7 Å². The molecule has 0 aliphatic rings. The molecule has 0 saturated carbocycles. The van der Waals surface area contributed by atoms with Crippen molar-refractivity contribution in [3.63, 3.8) is 0 Å². The summed E-state index contributed by atoms with van der Waals surface area (Å²) >= 11 is 5.10.